The number of benzene rings is 1. The monoisotopic (exact) mass is 217 g/mol. The average Bonchev–Trinajstić information content (AvgIpc) is 2.11. The van der Waals surface area contributed by atoms with Crippen LogP contribution in [0.15, 0.2) is 18.2 Å². The minimum atomic E-state index is -0.863. The van der Waals surface area contributed by atoms with E-state index in [1.54, 1.807) is 18.2 Å². The number of anilines is 1. The van der Waals surface area contributed by atoms with Crippen molar-refractivity contribution in [3.05, 3.63) is 28.8 Å². The summed E-state index contributed by atoms with van der Waals surface area (Å²) in [4.78, 5) is 0. The van der Waals surface area contributed by atoms with Crippen molar-refractivity contribution < 1.29 is 4.21 Å². The number of nitrogens with two attached hydrogens (primary N) is 1. The molecule has 0 saturated heterocycles. The molecule has 0 saturated carbocycles. The van der Waals surface area contributed by atoms with E-state index in [1.807, 2.05) is 6.92 Å². The fraction of sp³-hybridized carbons (Fsp3) is 0.333. The molecule has 0 amide bonds. The molecule has 0 spiro atoms. The van der Waals surface area contributed by atoms with Crippen molar-refractivity contribution in [3.63, 3.8) is 0 Å². The Labute approximate surface area is 85.5 Å². The molecule has 0 aliphatic rings. The highest BCUT2D eigenvalue weighted by molar-refractivity contribution is 7.84. The van der Waals surface area contributed by atoms with E-state index in [1.165, 1.54) is 0 Å². The first-order valence-corrected chi connectivity index (χ1v) is 5.89. The van der Waals surface area contributed by atoms with Crippen molar-refractivity contribution in [1.29, 1.82) is 0 Å². The van der Waals surface area contributed by atoms with Gasteiger partial charge < -0.3 is 5.73 Å². The number of rotatable bonds is 3. The topological polar surface area (TPSA) is 43.1 Å². The first kappa shape index (κ1) is 10.5. The van der Waals surface area contributed by atoms with Crippen LogP contribution in [-0.4, -0.2) is 9.96 Å². The van der Waals surface area contributed by atoms with Crippen LogP contribution in [-0.2, 0) is 16.6 Å². The molecule has 1 aromatic carbocycles. The Kier molecular flexibility index (Phi) is 3.75. The molecule has 1 atom stereocenters. The van der Waals surface area contributed by atoms with Crippen LogP contribution in [0.4, 0.5) is 5.69 Å². The Morgan fingerprint density at radius 2 is 2.23 bits per heavy atom. The van der Waals surface area contributed by atoms with E-state index in [2.05, 4.69) is 0 Å². The van der Waals surface area contributed by atoms with Gasteiger partial charge in [0.25, 0.3) is 0 Å². The molecule has 0 fully saturated rings. The average molecular weight is 218 g/mol. The zero-order chi connectivity index (χ0) is 9.84. The summed E-state index contributed by atoms with van der Waals surface area (Å²) in [7, 11) is -0.863. The minimum Gasteiger partial charge on any atom is -0.398 e. The van der Waals surface area contributed by atoms with Crippen molar-refractivity contribution in [2.75, 3.05) is 11.5 Å². The second-order valence-corrected chi connectivity index (χ2v) is 4.83. The standard InChI is InChI=1S/C9H12ClNOS/c1-2-13(12)6-7-8(10)4-3-5-9(7)11/h3-5H,2,6,11H2,1H3. The molecule has 0 aliphatic heterocycles. The predicted molar refractivity (Wildman–Crippen MR) is 58.3 cm³/mol. The van der Waals surface area contributed by atoms with Crippen molar-refractivity contribution in [2.24, 2.45) is 0 Å². The fourth-order valence-corrected chi connectivity index (χ4v) is 2.17. The molecule has 0 bridgehead atoms. The molecule has 2 N–H and O–H groups in total. The van der Waals surface area contributed by atoms with Gasteiger partial charge in [-0.15, -0.1) is 0 Å². The van der Waals surface area contributed by atoms with Crippen LogP contribution >= 0.6 is 11.6 Å². The number of halogens is 1. The van der Waals surface area contributed by atoms with Crippen LogP contribution in [0.5, 0.6) is 0 Å². The SMILES string of the molecule is CCS(=O)Cc1c(N)cccc1Cl. The summed E-state index contributed by atoms with van der Waals surface area (Å²) in [6, 6.07) is 5.32. The van der Waals surface area contributed by atoms with Crippen molar-refractivity contribution >= 4 is 28.1 Å². The van der Waals surface area contributed by atoms with Crippen molar-refractivity contribution in [3.8, 4) is 0 Å². The van der Waals surface area contributed by atoms with E-state index in [-0.39, 0.29) is 0 Å². The van der Waals surface area contributed by atoms with Crippen LogP contribution < -0.4 is 5.73 Å². The second kappa shape index (κ2) is 4.63. The molecule has 72 valence electrons. The van der Waals surface area contributed by atoms with Crippen molar-refractivity contribution in [2.45, 2.75) is 12.7 Å². The molecule has 2 nitrogen and oxygen atoms in total. The molecular weight excluding hydrogens is 206 g/mol. The smallest absolute Gasteiger partial charge is 0.0520 e. The molecule has 0 aliphatic carbocycles. The van der Waals surface area contributed by atoms with E-state index in [0.717, 1.165) is 5.56 Å². The lowest BCUT2D eigenvalue weighted by molar-refractivity contribution is 0.683. The number of hydrogen-bond acceptors (Lipinski definition) is 2. The van der Waals surface area contributed by atoms with Gasteiger partial charge in [0, 0.05) is 32.8 Å². The van der Waals surface area contributed by atoms with Gasteiger partial charge >= 0.3 is 0 Å². The van der Waals surface area contributed by atoms with Crippen LogP contribution in [0.1, 0.15) is 12.5 Å². The molecule has 1 rings (SSSR count). The van der Waals surface area contributed by atoms with Gasteiger partial charge in [-0.25, -0.2) is 0 Å². The summed E-state index contributed by atoms with van der Waals surface area (Å²) in [5.41, 5.74) is 7.12. The lowest BCUT2D eigenvalue weighted by Gasteiger charge is -2.06. The summed E-state index contributed by atoms with van der Waals surface area (Å²) >= 11 is 5.92. The molecular formula is C9H12ClNOS. The van der Waals surface area contributed by atoms with Crippen LogP contribution in [0.25, 0.3) is 0 Å². The first-order valence-electron chi connectivity index (χ1n) is 4.03. The Morgan fingerprint density at radius 3 is 2.77 bits per heavy atom. The Bertz CT molecular complexity index is 307. The predicted octanol–water partition coefficient (Wildman–Crippen LogP) is 2.19. The third-order valence-corrected chi connectivity index (χ3v) is 3.39. The Balaban J connectivity index is 2.93. The highest BCUT2D eigenvalue weighted by atomic mass is 35.5. The Hall–Kier alpha value is -0.540. The maximum absolute atomic E-state index is 11.3. The zero-order valence-electron chi connectivity index (χ0n) is 7.42. The summed E-state index contributed by atoms with van der Waals surface area (Å²) in [5, 5.41) is 0.599. The van der Waals surface area contributed by atoms with Gasteiger partial charge in [-0.05, 0) is 12.1 Å². The zero-order valence-corrected chi connectivity index (χ0v) is 8.99. The summed E-state index contributed by atoms with van der Waals surface area (Å²) in [5.74, 6) is 1.08. The summed E-state index contributed by atoms with van der Waals surface area (Å²) in [6.45, 7) is 1.88. The third-order valence-electron chi connectivity index (χ3n) is 1.78. The second-order valence-electron chi connectivity index (χ2n) is 2.68. The van der Waals surface area contributed by atoms with Gasteiger partial charge in [-0.3, -0.25) is 4.21 Å². The highest BCUT2D eigenvalue weighted by Gasteiger charge is 2.06. The molecule has 0 aromatic heterocycles. The van der Waals surface area contributed by atoms with E-state index < -0.39 is 10.8 Å². The molecule has 13 heavy (non-hydrogen) atoms. The van der Waals surface area contributed by atoms with Gasteiger partial charge in [0.1, 0.15) is 0 Å². The minimum absolute atomic E-state index is 0.446. The van der Waals surface area contributed by atoms with E-state index >= 15 is 0 Å². The molecule has 4 heteroatoms. The lowest BCUT2D eigenvalue weighted by Crippen LogP contribution is -2.02. The van der Waals surface area contributed by atoms with E-state index in [4.69, 9.17) is 17.3 Å². The lowest BCUT2D eigenvalue weighted by atomic mass is 10.2. The Morgan fingerprint density at radius 1 is 1.54 bits per heavy atom. The summed E-state index contributed by atoms with van der Waals surface area (Å²) < 4.78 is 11.3. The fourth-order valence-electron chi connectivity index (χ4n) is 0.991. The molecule has 1 aromatic rings. The quantitative estimate of drug-likeness (QED) is 0.789. The van der Waals surface area contributed by atoms with Gasteiger partial charge in [-0.2, -0.15) is 0 Å². The first-order chi connectivity index (χ1) is 6.15. The highest BCUT2D eigenvalue weighted by Crippen LogP contribution is 2.23. The van der Waals surface area contributed by atoms with Gasteiger partial charge in [0.05, 0.1) is 5.75 Å². The van der Waals surface area contributed by atoms with Crippen LogP contribution in [0.3, 0.4) is 0 Å². The third kappa shape index (κ3) is 2.71. The molecule has 0 heterocycles. The largest absolute Gasteiger partial charge is 0.398 e. The van der Waals surface area contributed by atoms with Crippen LogP contribution in [0, 0.1) is 0 Å². The summed E-state index contributed by atoms with van der Waals surface area (Å²) in [6.07, 6.45) is 0. The van der Waals surface area contributed by atoms with Gasteiger partial charge in [0.15, 0.2) is 0 Å². The number of hydrogen-bond donors (Lipinski definition) is 1. The maximum Gasteiger partial charge on any atom is 0.0520 e. The van der Waals surface area contributed by atoms with Crippen molar-refractivity contribution in [1.82, 2.24) is 0 Å². The number of nitrogen functional groups attached to an aromatic ring is 1. The molecule has 0 radical (unpaired) electrons. The van der Waals surface area contributed by atoms with E-state index in [0.29, 0.717) is 22.2 Å². The maximum atomic E-state index is 11.3. The van der Waals surface area contributed by atoms with Crippen LogP contribution in [0.2, 0.25) is 5.02 Å². The van der Waals surface area contributed by atoms with E-state index in [9.17, 15) is 4.21 Å². The van der Waals surface area contributed by atoms with Gasteiger partial charge in [-0.1, -0.05) is 24.6 Å². The molecule has 1 unspecified atom stereocenters. The normalized spacial score (nSPS) is 12.8. The van der Waals surface area contributed by atoms with Gasteiger partial charge in [0.2, 0.25) is 0 Å².